The molecule has 0 aromatic rings. The van der Waals surface area contributed by atoms with E-state index in [2.05, 4.69) is 31.3 Å². The molecule has 0 aliphatic carbocycles. The second kappa shape index (κ2) is 41.3. The van der Waals surface area contributed by atoms with Gasteiger partial charge in [-0.2, -0.15) is 0 Å². The average molecular weight is 886 g/mol. The molecule has 8 N–H and O–H groups in total. The average Bonchev–Trinajstić information content (AvgIpc) is 3.27. The number of carbonyl (C=O) groups excluding carboxylic acids is 1. The van der Waals surface area contributed by atoms with Gasteiger partial charge >= 0.3 is 0 Å². The van der Waals surface area contributed by atoms with Crippen LogP contribution in [-0.2, 0) is 14.3 Å². The van der Waals surface area contributed by atoms with E-state index in [0.717, 1.165) is 38.5 Å². The molecule has 1 aliphatic heterocycles. The third-order valence-corrected chi connectivity index (χ3v) is 12.8. The van der Waals surface area contributed by atoms with E-state index in [1.54, 1.807) is 0 Å². The molecule has 0 aromatic carbocycles. The summed E-state index contributed by atoms with van der Waals surface area (Å²) in [5.74, 6) is -0.703. The number of aliphatic hydroxyl groups is 7. The maximum Gasteiger partial charge on any atom is 0.249 e. The van der Waals surface area contributed by atoms with Crippen molar-refractivity contribution in [3.8, 4) is 0 Å². The predicted octanol–water partition coefficient (Wildman–Crippen LogP) is 9.62. The number of amides is 1. The smallest absolute Gasteiger partial charge is 0.249 e. The van der Waals surface area contributed by atoms with Crippen LogP contribution in [0.4, 0.5) is 0 Å². The molecular formula is C51H99NO10. The fraction of sp³-hybridized carbons (Fsp3) is 0.941. The Morgan fingerprint density at radius 1 is 0.548 bits per heavy atom. The van der Waals surface area contributed by atoms with Gasteiger partial charge in [0.25, 0.3) is 0 Å². The fourth-order valence-corrected chi connectivity index (χ4v) is 8.50. The lowest BCUT2D eigenvalue weighted by atomic mass is 9.98. The van der Waals surface area contributed by atoms with Crippen molar-refractivity contribution in [3.63, 3.8) is 0 Å². The number of hydrogen-bond acceptors (Lipinski definition) is 10. The molecule has 0 saturated carbocycles. The maximum atomic E-state index is 13.1. The highest BCUT2D eigenvalue weighted by molar-refractivity contribution is 5.80. The second-order valence-corrected chi connectivity index (χ2v) is 18.6. The monoisotopic (exact) mass is 886 g/mol. The van der Waals surface area contributed by atoms with Gasteiger partial charge in [0.15, 0.2) is 6.29 Å². The molecule has 1 heterocycles. The van der Waals surface area contributed by atoms with Gasteiger partial charge in [0, 0.05) is 0 Å². The molecule has 9 unspecified atom stereocenters. The van der Waals surface area contributed by atoms with E-state index in [-0.39, 0.29) is 12.8 Å². The van der Waals surface area contributed by atoms with E-state index in [0.29, 0.717) is 12.8 Å². The van der Waals surface area contributed by atoms with Crippen LogP contribution >= 0.6 is 0 Å². The van der Waals surface area contributed by atoms with Crippen molar-refractivity contribution in [1.82, 2.24) is 5.32 Å². The Labute approximate surface area is 379 Å². The van der Waals surface area contributed by atoms with Crippen LogP contribution in [-0.4, -0.2) is 110 Å². The van der Waals surface area contributed by atoms with E-state index in [9.17, 15) is 40.5 Å². The van der Waals surface area contributed by atoms with Crippen molar-refractivity contribution >= 4 is 5.91 Å². The first-order valence-corrected chi connectivity index (χ1v) is 26.1. The van der Waals surface area contributed by atoms with Crippen LogP contribution in [0.1, 0.15) is 239 Å². The summed E-state index contributed by atoms with van der Waals surface area (Å²) in [6.07, 6.45) is 34.2. The van der Waals surface area contributed by atoms with Crippen LogP contribution in [0.3, 0.4) is 0 Å². The molecule has 9 atom stereocenters. The first-order valence-electron chi connectivity index (χ1n) is 26.1. The zero-order valence-electron chi connectivity index (χ0n) is 39.9. The fourth-order valence-electron chi connectivity index (χ4n) is 8.50. The molecule has 1 saturated heterocycles. The summed E-state index contributed by atoms with van der Waals surface area (Å²) in [7, 11) is 0. The molecule has 1 fully saturated rings. The molecule has 1 aliphatic rings. The predicted molar refractivity (Wildman–Crippen MR) is 252 cm³/mol. The standard InChI is InChI=1S/C51H99NO10/c1-3-5-7-9-11-13-15-17-18-19-20-21-22-23-24-25-26-27-29-31-33-35-37-39-44(55)50(60)52-42(41-61-51-49(59)48(58)47(57)45(40-53)62-51)46(56)43(54)38-36-34-32-30-28-16-14-12-10-8-6-4-2/h30,32,42-49,51,53-59H,3-29,31,33-41H2,1-2H3,(H,52,60)/b32-30+. The van der Waals surface area contributed by atoms with E-state index in [1.165, 1.54) is 161 Å². The first kappa shape index (κ1) is 58.9. The summed E-state index contributed by atoms with van der Waals surface area (Å²) in [6.45, 7) is 3.43. The SMILES string of the molecule is CCCCCCCCC/C=C/CCCC(O)C(O)C(COC1OC(CO)C(O)C(O)C1O)NC(=O)C(O)CCCCCCCCCCCCCCCCCCCCCCCCC. The van der Waals surface area contributed by atoms with Crippen LogP contribution in [0.2, 0.25) is 0 Å². The Hall–Kier alpha value is -1.15. The van der Waals surface area contributed by atoms with Crippen LogP contribution in [0, 0.1) is 0 Å². The lowest BCUT2D eigenvalue weighted by Crippen LogP contribution is -2.60. The molecule has 1 rings (SSSR count). The Morgan fingerprint density at radius 3 is 1.39 bits per heavy atom. The largest absolute Gasteiger partial charge is 0.394 e. The lowest BCUT2D eigenvalue weighted by Gasteiger charge is -2.40. The van der Waals surface area contributed by atoms with Gasteiger partial charge in [0.05, 0.1) is 25.4 Å². The molecule has 11 nitrogen and oxygen atoms in total. The number of nitrogens with one attached hydrogen (secondary N) is 1. The molecule has 0 aromatic heterocycles. The summed E-state index contributed by atoms with van der Waals surface area (Å²) in [6, 6.07) is -1.18. The van der Waals surface area contributed by atoms with Gasteiger partial charge in [0.1, 0.15) is 36.6 Å². The summed E-state index contributed by atoms with van der Waals surface area (Å²) >= 11 is 0. The van der Waals surface area contributed by atoms with E-state index in [1.807, 2.05) is 0 Å². The van der Waals surface area contributed by atoms with E-state index in [4.69, 9.17) is 9.47 Å². The second-order valence-electron chi connectivity index (χ2n) is 18.6. The highest BCUT2D eigenvalue weighted by Gasteiger charge is 2.44. The first-order chi connectivity index (χ1) is 30.2. The topological polar surface area (TPSA) is 189 Å². The molecule has 368 valence electrons. The van der Waals surface area contributed by atoms with Crippen molar-refractivity contribution in [2.75, 3.05) is 13.2 Å². The number of carbonyl (C=O) groups is 1. The minimum atomic E-state index is -1.66. The van der Waals surface area contributed by atoms with Gasteiger partial charge in [-0.15, -0.1) is 0 Å². The molecule has 0 bridgehead atoms. The van der Waals surface area contributed by atoms with Crippen molar-refractivity contribution in [1.29, 1.82) is 0 Å². The van der Waals surface area contributed by atoms with Crippen LogP contribution in [0.25, 0.3) is 0 Å². The summed E-state index contributed by atoms with van der Waals surface area (Å²) in [5.41, 5.74) is 0. The number of aliphatic hydroxyl groups excluding tert-OH is 7. The molecule has 0 spiro atoms. The number of allylic oxidation sites excluding steroid dienone is 2. The molecule has 0 radical (unpaired) electrons. The van der Waals surface area contributed by atoms with Gasteiger partial charge in [-0.3, -0.25) is 4.79 Å². The number of hydrogen-bond donors (Lipinski definition) is 8. The van der Waals surface area contributed by atoms with Crippen molar-refractivity contribution < 1.29 is 50.0 Å². The summed E-state index contributed by atoms with van der Waals surface area (Å²) < 4.78 is 11.1. The third kappa shape index (κ3) is 30.1. The maximum absolute atomic E-state index is 13.1. The van der Waals surface area contributed by atoms with Crippen LogP contribution in [0.5, 0.6) is 0 Å². The van der Waals surface area contributed by atoms with Gasteiger partial charge in [-0.05, 0) is 38.5 Å². The van der Waals surface area contributed by atoms with Gasteiger partial charge in [0.2, 0.25) is 5.91 Å². The molecule has 62 heavy (non-hydrogen) atoms. The lowest BCUT2D eigenvalue weighted by molar-refractivity contribution is -0.303. The van der Waals surface area contributed by atoms with Gasteiger partial charge < -0.3 is 50.5 Å². The Bertz CT molecular complexity index is 1020. The van der Waals surface area contributed by atoms with Crippen molar-refractivity contribution in [3.05, 3.63) is 12.2 Å². The minimum Gasteiger partial charge on any atom is -0.394 e. The number of rotatable bonds is 44. The molecule has 11 heteroatoms. The zero-order valence-corrected chi connectivity index (χ0v) is 39.9. The molecular weight excluding hydrogens is 787 g/mol. The van der Waals surface area contributed by atoms with E-state index >= 15 is 0 Å². The third-order valence-electron chi connectivity index (χ3n) is 12.8. The van der Waals surface area contributed by atoms with Crippen LogP contribution in [0.15, 0.2) is 12.2 Å². The quantitative estimate of drug-likeness (QED) is 0.0216. The van der Waals surface area contributed by atoms with Crippen molar-refractivity contribution in [2.24, 2.45) is 0 Å². The minimum absolute atomic E-state index is 0.259. The number of unbranched alkanes of at least 4 members (excludes halogenated alkanes) is 30. The van der Waals surface area contributed by atoms with E-state index < -0.39 is 74.2 Å². The highest BCUT2D eigenvalue weighted by Crippen LogP contribution is 2.23. The Balaban J connectivity index is 2.32. The van der Waals surface area contributed by atoms with Crippen LogP contribution < -0.4 is 5.32 Å². The zero-order chi connectivity index (χ0) is 45.5. The van der Waals surface area contributed by atoms with Gasteiger partial charge in [-0.25, -0.2) is 0 Å². The Kier molecular flexibility index (Phi) is 39.2. The summed E-state index contributed by atoms with van der Waals surface area (Å²) in [4.78, 5) is 13.1. The Morgan fingerprint density at radius 2 is 0.952 bits per heavy atom. The molecule has 1 amide bonds. The van der Waals surface area contributed by atoms with Crippen molar-refractivity contribution in [2.45, 2.75) is 294 Å². The highest BCUT2D eigenvalue weighted by atomic mass is 16.7. The van der Waals surface area contributed by atoms with Gasteiger partial charge in [-0.1, -0.05) is 212 Å². The normalized spacial score (nSPS) is 21.3. The number of ether oxygens (including phenoxy) is 2. The summed E-state index contributed by atoms with van der Waals surface area (Å²) in [5, 5.41) is 75.7.